The zero-order chi connectivity index (χ0) is 14.0. The molecule has 5 nitrogen and oxygen atoms in total. The Labute approximate surface area is 113 Å². The van der Waals surface area contributed by atoms with E-state index in [1.54, 1.807) is 11.0 Å². The van der Waals surface area contributed by atoms with E-state index in [1.165, 1.54) is 0 Å². The number of nitrogens with zero attached hydrogens (tertiary/aromatic N) is 1. The van der Waals surface area contributed by atoms with Crippen LogP contribution in [0, 0.1) is 0 Å². The first-order valence-electron chi connectivity index (χ1n) is 6.53. The van der Waals surface area contributed by atoms with E-state index < -0.39 is 5.79 Å². The summed E-state index contributed by atoms with van der Waals surface area (Å²) in [6.07, 6.45) is 0. The van der Waals surface area contributed by atoms with E-state index in [9.17, 15) is 4.79 Å². The van der Waals surface area contributed by atoms with Crippen molar-refractivity contribution in [3.8, 4) is 11.5 Å². The van der Waals surface area contributed by atoms with E-state index in [4.69, 9.17) is 9.47 Å². The molecule has 0 fully saturated rings. The fourth-order valence-electron chi connectivity index (χ4n) is 2.01. The molecule has 2 rings (SSSR count). The summed E-state index contributed by atoms with van der Waals surface area (Å²) in [4.78, 5) is 13.7. The number of benzene rings is 1. The Morgan fingerprint density at radius 3 is 2.47 bits per heavy atom. The molecule has 0 saturated heterocycles. The van der Waals surface area contributed by atoms with Gasteiger partial charge in [-0.1, -0.05) is 0 Å². The van der Waals surface area contributed by atoms with E-state index in [0.717, 1.165) is 0 Å². The molecule has 1 aromatic rings. The summed E-state index contributed by atoms with van der Waals surface area (Å²) in [6, 6.07) is 5.29. The molecule has 5 heteroatoms. The zero-order valence-corrected chi connectivity index (χ0v) is 11.8. The molecule has 2 amide bonds. The first-order chi connectivity index (χ1) is 8.95. The Bertz CT molecular complexity index is 482. The third-order valence-electron chi connectivity index (χ3n) is 2.96. The minimum atomic E-state index is -0.649. The van der Waals surface area contributed by atoms with Gasteiger partial charge in [-0.3, -0.25) is 0 Å². The summed E-state index contributed by atoms with van der Waals surface area (Å²) in [6.45, 7) is 8.96. The van der Waals surface area contributed by atoms with Crippen molar-refractivity contribution in [3.63, 3.8) is 0 Å². The topological polar surface area (TPSA) is 50.8 Å². The van der Waals surface area contributed by atoms with Gasteiger partial charge in [0.15, 0.2) is 11.5 Å². The van der Waals surface area contributed by atoms with Crippen molar-refractivity contribution >= 4 is 11.7 Å². The maximum atomic E-state index is 11.9. The normalized spacial score (nSPS) is 15.2. The molecule has 0 aromatic heterocycles. The highest BCUT2D eigenvalue weighted by molar-refractivity contribution is 5.89. The number of hydrogen-bond acceptors (Lipinski definition) is 3. The van der Waals surface area contributed by atoms with Crippen LogP contribution in [-0.4, -0.2) is 29.8 Å². The van der Waals surface area contributed by atoms with Gasteiger partial charge >= 0.3 is 6.03 Å². The van der Waals surface area contributed by atoms with Crippen molar-refractivity contribution in [3.05, 3.63) is 18.2 Å². The van der Waals surface area contributed by atoms with Crippen LogP contribution in [0.15, 0.2) is 18.2 Å². The highest BCUT2D eigenvalue weighted by Gasteiger charge is 2.31. The fraction of sp³-hybridized carbons (Fsp3) is 0.500. The Morgan fingerprint density at radius 1 is 1.21 bits per heavy atom. The maximum absolute atomic E-state index is 11.9. The molecule has 0 aliphatic carbocycles. The van der Waals surface area contributed by atoms with Crippen molar-refractivity contribution in [2.45, 2.75) is 33.5 Å². The van der Waals surface area contributed by atoms with Crippen molar-refractivity contribution in [2.75, 3.05) is 18.4 Å². The lowest BCUT2D eigenvalue weighted by Crippen LogP contribution is -2.34. The van der Waals surface area contributed by atoms with Gasteiger partial charge in [-0.05, 0) is 26.0 Å². The second-order valence-electron chi connectivity index (χ2n) is 4.87. The number of anilines is 1. The quantitative estimate of drug-likeness (QED) is 0.912. The second-order valence-corrected chi connectivity index (χ2v) is 4.87. The van der Waals surface area contributed by atoms with Gasteiger partial charge in [-0.2, -0.15) is 0 Å². The molecule has 1 aromatic carbocycles. The fourth-order valence-corrected chi connectivity index (χ4v) is 2.01. The zero-order valence-electron chi connectivity index (χ0n) is 11.8. The van der Waals surface area contributed by atoms with Gasteiger partial charge in [0, 0.05) is 38.7 Å². The van der Waals surface area contributed by atoms with Gasteiger partial charge in [0.2, 0.25) is 5.79 Å². The van der Waals surface area contributed by atoms with Crippen LogP contribution in [0.25, 0.3) is 0 Å². The predicted molar refractivity (Wildman–Crippen MR) is 73.7 cm³/mol. The minimum Gasteiger partial charge on any atom is -0.449 e. The number of hydrogen-bond donors (Lipinski definition) is 1. The number of fused-ring (bicyclic) bond motifs is 1. The van der Waals surface area contributed by atoms with Crippen molar-refractivity contribution < 1.29 is 14.3 Å². The van der Waals surface area contributed by atoms with Crippen LogP contribution in [0.1, 0.15) is 27.7 Å². The number of carbonyl (C=O) groups excluding carboxylic acids is 1. The van der Waals surface area contributed by atoms with Gasteiger partial charge in [0.05, 0.1) is 0 Å². The highest BCUT2D eigenvalue weighted by atomic mass is 16.7. The van der Waals surface area contributed by atoms with E-state index >= 15 is 0 Å². The smallest absolute Gasteiger partial charge is 0.321 e. The molecule has 19 heavy (non-hydrogen) atoms. The SMILES string of the molecule is CCN(CC)C(=O)Nc1ccc2c(c1)OC(C)(C)O2. The molecule has 1 aliphatic rings. The van der Waals surface area contributed by atoms with Crippen LogP contribution in [0.5, 0.6) is 11.5 Å². The minimum absolute atomic E-state index is 0.108. The standard InChI is InChI=1S/C14H20N2O3/c1-5-16(6-2)13(17)15-10-7-8-11-12(9-10)19-14(3,4)18-11/h7-9H,5-6H2,1-4H3,(H,15,17). The molecule has 0 radical (unpaired) electrons. The Balaban J connectivity index is 2.10. The average Bonchev–Trinajstić information content (AvgIpc) is 2.63. The number of rotatable bonds is 3. The second kappa shape index (κ2) is 4.99. The van der Waals surface area contributed by atoms with Gasteiger partial charge in [-0.25, -0.2) is 4.79 Å². The molecule has 104 valence electrons. The summed E-state index contributed by atoms with van der Waals surface area (Å²) in [5, 5.41) is 2.85. The van der Waals surface area contributed by atoms with E-state index in [1.807, 2.05) is 39.8 Å². The van der Waals surface area contributed by atoms with Gasteiger partial charge in [0.25, 0.3) is 0 Å². The largest absolute Gasteiger partial charge is 0.449 e. The molecule has 1 aliphatic heterocycles. The Kier molecular flexibility index (Phi) is 3.55. The van der Waals surface area contributed by atoms with Crippen LogP contribution < -0.4 is 14.8 Å². The monoisotopic (exact) mass is 264 g/mol. The lowest BCUT2D eigenvalue weighted by molar-refractivity contribution is -0.0431. The van der Waals surface area contributed by atoms with Gasteiger partial charge in [0.1, 0.15) is 0 Å². The number of nitrogens with one attached hydrogen (secondary N) is 1. The van der Waals surface area contributed by atoms with Crippen LogP contribution in [0.3, 0.4) is 0 Å². The molecule has 1 N–H and O–H groups in total. The molecule has 0 bridgehead atoms. The molecule has 1 heterocycles. The molecule has 0 spiro atoms. The summed E-state index contributed by atoms with van der Waals surface area (Å²) in [5.74, 6) is 0.706. The van der Waals surface area contributed by atoms with Crippen LogP contribution in [-0.2, 0) is 0 Å². The molecule has 0 atom stereocenters. The first kappa shape index (κ1) is 13.5. The number of carbonyl (C=O) groups is 1. The number of amides is 2. The van der Waals surface area contributed by atoms with Crippen LogP contribution in [0.4, 0.5) is 10.5 Å². The summed E-state index contributed by atoms with van der Waals surface area (Å²) in [5.41, 5.74) is 0.706. The Hall–Kier alpha value is -1.91. The lowest BCUT2D eigenvalue weighted by atomic mass is 10.3. The van der Waals surface area contributed by atoms with Crippen LogP contribution >= 0.6 is 0 Å². The highest BCUT2D eigenvalue weighted by Crippen LogP contribution is 2.40. The molecule has 0 unspecified atom stereocenters. The molecule has 0 saturated carbocycles. The summed E-state index contributed by atoms with van der Waals surface area (Å²) < 4.78 is 11.2. The van der Waals surface area contributed by atoms with E-state index in [2.05, 4.69) is 5.32 Å². The Morgan fingerprint density at radius 2 is 1.84 bits per heavy atom. The molecular formula is C14H20N2O3. The van der Waals surface area contributed by atoms with Gasteiger partial charge < -0.3 is 19.7 Å². The van der Waals surface area contributed by atoms with Crippen LogP contribution in [0.2, 0.25) is 0 Å². The third kappa shape index (κ3) is 2.92. The van der Waals surface area contributed by atoms with Gasteiger partial charge in [-0.15, -0.1) is 0 Å². The van der Waals surface area contributed by atoms with E-state index in [0.29, 0.717) is 30.3 Å². The summed E-state index contributed by atoms with van der Waals surface area (Å²) >= 11 is 0. The third-order valence-corrected chi connectivity index (χ3v) is 2.96. The van der Waals surface area contributed by atoms with Crippen molar-refractivity contribution in [1.82, 2.24) is 4.90 Å². The maximum Gasteiger partial charge on any atom is 0.321 e. The van der Waals surface area contributed by atoms with E-state index in [-0.39, 0.29) is 6.03 Å². The summed E-state index contributed by atoms with van der Waals surface area (Å²) in [7, 11) is 0. The predicted octanol–water partition coefficient (Wildman–Crippen LogP) is 3.07. The number of ether oxygens (including phenoxy) is 2. The first-order valence-corrected chi connectivity index (χ1v) is 6.53. The average molecular weight is 264 g/mol. The lowest BCUT2D eigenvalue weighted by Gasteiger charge is -2.19. The van der Waals surface area contributed by atoms with Crippen molar-refractivity contribution in [2.24, 2.45) is 0 Å². The number of urea groups is 1. The molecular weight excluding hydrogens is 244 g/mol. The van der Waals surface area contributed by atoms with Crippen molar-refractivity contribution in [1.29, 1.82) is 0 Å².